The Morgan fingerprint density at radius 2 is 1.81 bits per heavy atom. The van der Waals surface area contributed by atoms with Crippen molar-refractivity contribution in [1.82, 2.24) is 20.3 Å². The zero-order valence-corrected chi connectivity index (χ0v) is 10.6. The van der Waals surface area contributed by atoms with Crippen LogP contribution in [0.4, 0.5) is 0 Å². The van der Waals surface area contributed by atoms with E-state index >= 15 is 0 Å². The second-order valence-corrected chi connectivity index (χ2v) is 4.20. The molecule has 0 unspecified atom stereocenters. The highest BCUT2D eigenvalue weighted by Gasteiger charge is 2.29. The van der Waals surface area contributed by atoms with E-state index in [0.717, 1.165) is 6.08 Å². The lowest BCUT2D eigenvalue weighted by Crippen LogP contribution is -2.32. The van der Waals surface area contributed by atoms with Gasteiger partial charge in [-0.15, -0.1) is 0 Å². The predicted octanol–water partition coefficient (Wildman–Crippen LogP) is 0.565. The smallest absolute Gasteiger partial charge is 0.257 e. The Labute approximate surface area is 118 Å². The lowest BCUT2D eigenvalue weighted by molar-refractivity contribution is 0.0921. The molecule has 0 aliphatic heterocycles. The monoisotopic (exact) mass is 280 g/mol. The summed E-state index contributed by atoms with van der Waals surface area (Å²) < 4.78 is 0. The molecular weight excluding hydrogens is 272 g/mol. The third-order valence-electron chi connectivity index (χ3n) is 2.84. The molecule has 2 aromatic rings. The van der Waals surface area contributed by atoms with E-state index in [-0.39, 0.29) is 22.6 Å². The zero-order chi connectivity index (χ0) is 14.8. The Morgan fingerprint density at radius 3 is 2.52 bits per heavy atom. The van der Waals surface area contributed by atoms with Gasteiger partial charge in [0, 0.05) is 30.9 Å². The summed E-state index contributed by atoms with van der Waals surface area (Å²) in [5, 5.41) is 2.40. The van der Waals surface area contributed by atoms with Crippen molar-refractivity contribution >= 4 is 17.5 Å². The van der Waals surface area contributed by atoms with Gasteiger partial charge in [-0.05, 0) is 12.1 Å². The van der Waals surface area contributed by atoms with Crippen LogP contribution in [0.15, 0.2) is 48.7 Å². The van der Waals surface area contributed by atoms with Crippen molar-refractivity contribution in [2.75, 3.05) is 0 Å². The van der Waals surface area contributed by atoms with E-state index < -0.39 is 17.5 Å². The molecule has 2 aromatic heterocycles. The fourth-order valence-corrected chi connectivity index (χ4v) is 1.86. The van der Waals surface area contributed by atoms with Crippen LogP contribution < -0.4 is 5.32 Å². The van der Waals surface area contributed by atoms with Crippen LogP contribution in [0, 0.1) is 0 Å². The fraction of sp³-hybridized carbons (Fsp3) is 0. The van der Waals surface area contributed by atoms with E-state index in [1.165, 1.54) is 24.8 Å². The first-order valence-electron chi connectivity index (χ1n) is 6.00. The number of pyridine rings is 1. The molecule has 102 valence electrons. The molecule has 0 spiro atoms. The molecule has 0 radical (unpaired) electrons. The number of ketones is 2. The van der Waals surface area contributed by atoms with Gasteiger partial charge in [-0.25, -0.2) is 9.97 Å². The molecule has 1 aliphatic carbocycles. The van der Waals surface area contributed by atoms with Crippen LogP contribution in [0.25, 0.3) is 0 Å². The minimum Gasteiger partial charge on any atom is -0.318 e. The summed E-state index contributed by atoms with van der Waals surface area (Å²) in [5.74, 6) is -1.54. The Morgan fingerprint density at radius 1 is 1.05 bits per heavy atom. The molecule has 0 bridgehead atoms. The van der Waals surface area contributed by atoms with Crippen LogP contribution >= 0.6 is 0 Å². The van der Waals surface area contributed by atoms with Gasteiger partial charge in [0.25, 0.3) is 5.91 Å². The summed E-state index contributed by atoms with van der Waals surface area (Å²) in [6.45, 7) is 0. The Kier molecular flexibility index (Phi) is 3.07. The topological polar surface area (TPSA) is 102 Å². The number of carbonyl (C=O) groups is 3. The van der Waals surface area contributed by atoms with Crippen LogP contribution in [0.5, 0.6) is 0 Å². The molecule has 21 heavy (non-hydrogen) atoms. The first-order valence-corrected chi connectivity index (χ1v) is 6.00. The molecule has 1 aliphatic rings. The second-order valence-electron chi connectivity index (χ2n) is 4.20. The number of allylic oxidation sites excluding steroid dienone is 2. The van der Waals surface area contributed by atoms with Crippen molar-refractivity contribution in [3.8, 4) is 0 Å². The van der Waals surface area contributed by atoms with Crippen LogP contribution in [-0.2, 0) is 0 Å². The summed E-state index contributed by atoms with van der Waals surface area (Å²) in [6.07, 6.45) is 6.58. The molecule has 0 saturated carbocycles. The molecule has 2 heterocycles. The summed E-state index contributed by atoms with van der Waals surface area (Å²) in [7, 11) is 0. The third kappa shape index (κ3) is 2.32. The molecule has 0 fully saturated rings. The second kappa shape index (κ2) is 5.04. The molecule has 0 saturated heterocycles. The Bertz CT molecular complexity index is 784. The average Bonchev–Trinajstić information content (AvgIpc) is 2.53. The number of hydrogen-bond donors (Lipinski definition) is 1. The highest BCUT2D eigenvalue weighted by molar-refractivity contribution is 6.23. The number of amides is 1. The normalized spacial score (nSPS) is 13.4. The van der Waals surface area contributed by atoms with Gasteiger partial charge in [0.15, 0.2) is 0 Å². The number of nitrogens with zero attached hydrogens (tertiary/aromatic N) is 3. The largest absolute Gasteiger partial charge is 0.318 e. The summed E-state index contributed by atoms with van der Waals surface area (Å²) >= 11 is 0. The van der Waals surface area contributed by atoms with Crippen molar-refractivity contribution in [1.29, 1.82) is 0 Å². The maximum atomic E-state index is 12.2. The molecule has 7 nitrogen and oxygen atoms in total. The highest BCUT2D eigenvalue weighted by Crippen LogP contribution is 2.16. The van der Waals surface area contributed by atoms with Crippen molar-refractivity contribution in [3.05, 3.63) is 65.6 Å². The average molecular weight is 280 g/mol. The molecular formula is C14H8N4O3. The Hall–Kier alpha value is -3.22. The van der Waals surface area contributed by atoms with Crippen LogP contribution in [-0.4, -0.2) is 32.4 Å². The maximum Gasteiger partial charge on any atom is 0.257 e. The van der Waals surface area contributed by atoms with Gasteiger partial charge in [0.2, 0.25) is 11.6 Å². The molecule has 1 amide bonds. The number of Topliss-reactive ketones (excluding diaryl/α,β-unsaturated/α-hetero) is 1. The van der Waals surface area contributed by atoms with Gasteiger partial charge < -0.3 is 5.32 Å². The molecule has 1 N–H and O–H groups in total. The van der Waals surface area contributed by atoms with Gasteiger partial charge in [-0.2, -0.15) is 0 Å². The molecule has 3 rings (SSSR count). The Balaban J connectivity index is 1.90. The maximum absolute atomic E-state index is 12.2. The highest BCUT2D eigenvalue weighted by atomic mass is 16.2. The number of aromatic nitrogens is 3. The van der Waals surface area contributed by atoms with Gasteiger partial charge in [0.05, 0.1) is 11.3 Å². The molecule has 0 atom stereocenters. The van der Waals surface area contributed by atoms with Crippen molar-refractivity contribution < 1.29 is 14.4 Å². The quantitative estimate of drug-likeness (QED) is 0.862. The van der Waals surface area contributed by atoms with Gasteiger partial charge >= 0.3 is 0 Å². The molecule has 7 heteroatoms. The number of rotatable bonds is 2. The number of nitrogens with one attached hydrogen (secondary N) is 1. The number of hydrogen-bond acceptors (Lipinski definition) is 6. The minimum absolute atomic E-state index is 0.0122. The van der Waals surface area contributed by atoms with E-state index in [2.05, 4.69) is 20.3 Å². The van der Waals surface area contributed by atoms with E-state index in [0.29, 0.717) is 0 Å². The fourth-order valence-electron chi connectivity index (χ4n) is 1.86. The van der Waals surface area contributed by atoms with Gasteiger partial charge in [-0.1, -0.05) is 0 Å². The van der Waals surface area contributed by atoms with Crippen LogP contribution in [0.2, 0.25) is 0 Å². The number of fused-ring (bicyclic) bond motifs is 1. The van der Waals surface area contributed by atoms with E-state index in [4.69, 9.17) is 0 Å². The van der Waals surface area contributed by atoms with E-state index in [1.54, 1.807) is 12.1 Å². The summed E-state index contributed by atoms with van der Waals surface area (Å²) in [6, 6.07) is 3.14. The first-order chi connectivity index (χ1) is 10.2. The number of carbonyl (C=O) groups excluding carboxylic acids is 3. The van der Waals surface area contributed by atoms with Crippen molar-refractivity contribution in [2.45, 2.75) is 0 Å². The lowest BCUT2D eigenvalue weighted by Gasteiger charge is -2.13. The van der Waals surface area contributed by atoms with Crippen molar-refractivity contribution in [3.63, 3.8) is 0 Å². The summed E-state index contributed by atoms with van der Waals surface area (Å²) in [4.78, 5) is 47.5. The predicted molar refractivity (Wildman–Crippen MR) is 70.5 cm³/mol. The lowest BCUT2D eigenvalue weighted by atomic mass is 10.0. The van der Waals surface area contributed by atoms with Gasteiger partial charge in [-0.3, -0.25) is 19.4 Å². The third-order valence-corrected chi connectivity index (χ3v) is 2.84. The van der Waals surface area contributed by atoms with E-state index in [9.17, 15) is 14.4 Å². The van der Waals surface area contributed by atoms with Crippen LogP contribution in [0.1, 0.15) is 31.3 Å². The van der Waals surface area contributed by atoms with Crippen LogP contribution in [0.3, 0.4) is 0 Å². The first kappa shape index (κ1) is 12.8. The SMILES string of the molecule is O=C(NC1=CC(=O)c2nccnc2C1=O)c1cccnc1. The van der Waals surface area contributed by atoms with Crippen molar-refractivity contribution in [2.24, 2.45) is 0 Å². The minimum atomic E-state index is -0.546. The van der Waals surface area contributed by atoms with E-state index in [1.807, 2.05) is 0 Å². The summed E-state index contributed by atoms with van der Waals surface area (Å²) in [5.41, 5.74) is 0.0822. The zero-order valence-electron chi connectivity index (χ0n) is 10.6. The standard InChI is InChI=1S/C14H8N4O3/c19-10-6-9(13(20)12-11(10)16-4-5-17-12)18-14(21)8-2-1-3-15-7-8/h1-7H,(H,18,21). The van der Waals surface area contributed by atoms with Gasteiger partial charge in [0.1, 0.15) is 11.4 Å². The molecule has 0 aromatic carbocycles.